The Kier molecular flexibility index (Phi) is 9.44. The molecule has 2 aliphatic rings. The van der Waals surface area contributed by atoms with E-state index in [4.69, 9.17) is 4.98 Å². The number of halogens is 2. The van der Waals surface area contributed by atoms with Crippen molar-refractivity contribution in [1.29, 1.82) is 0 Å². The molecule has 1 aliphatic heterocycles. The predicted molar refractivity (Wildman–Crippen MR) is 100 cm³/mol. The Labute approximate surface area is 155 Å². The monoisotopic (exact) mass is 379 g/mol. The number of amides is 1. The second kappa shape index (κ2) is 10.5. The van der Waals surface area contributed by atoms with Crippen LogP contribution in [0.4, 0.5) is 0 Å². The highest BCUT2D eigenvalue weighted by Crippen LogP contribution is 2.33. The first-order valence-electron chi connectivity index (χ1n) is 8.25. The predicted octanol–water partition coefficient (Wildman–Crippen LogP) is 3.30. The fourth-order valence-corrected chi connectivity index (χ4v) is 4.22. The number of nitrogens with one attached hydrogen (secondary N) is 2. The van der Waals surface area contributed by atoms with Crippen molar-refractivity contribution in [2.75, 3.05) is 19.6 Å². The molecule has 0 radical (unpaired) electrons. The minimum atomic E-state index is 0. The Morgan fingerprint density at radius 3 is 2.74 bits per heavy atom. The molecular weight excluding hydrogens is 353 g/mol. The van der Waals surface area contributed by atoms with Crippen LogP contribution in [0.5, 0.6) is 0 Å². The van der Waals surface area contributed by atoms with Gasteiger partial charge >= 0.3 is 0 Å². The molecule has 1 aromatic heterocycles. The van der Waals surface area contributed by atoms with Gasteiger partial charge in [0.15, 0.2) is 0 Å². The van der Waals surface area contributed by atoms with E-state index in [0.29, 0.717) is 12.5 Å². The number of hydrogen-bond acceptors (Lipinski definition) is 4. The Bertz CT molecular complexity index is 472. The fraction of sp³-hybridized carbons (Fsp3) is 0.750. The van der Waals surface area contributed by atoms with E-state index in [-0.39, 0.29) is 36.6 Å². The Hall–Kier alpha value is -0.360. The highest BCUT2D eigenvalue weighted by molar-refractivity contribution is 7.09. The topological polar surface area (TPSA) is 54.0 Å². The van der Waals surface area contributed by atoms with Crippen LogP contribution in [0, 0.1) is 5.92 Å². The summed E-state index contributed by atoms with van der Waals surface area (Å²) >= 11 is 1.75. The Balaban J connectivity index is 0.00000132. The van der Waals surface area contributed by atoms with E-state index in [0.717, 1.165) is 25.9 Å². The Morgan fingerprint density at radius 1 is 1.26 bits per heavy atom. The molecule has 23 heavy (non-hydrogen) atoms. The second-order valence-electron chi connectivity index (χ2n) is 6.23. The molecular formula is C16H27Cl2N3OS. The van der Waals surface area contributed by atoms with Gasteiger partial charge < -0.3 is 10.6 Å². The van der Waals surface area contributed by atoms with E-state index in [1.807, 2.05) is 0 Å². The van der Waals surface area contributed by atoms with Gasteiger partial charge in [0.1, 0.15) is 0 Å². The fourth-order valence-electron chi connectivity index (χ4n) is 3.34. The largest absolute Gasteiger partial charge is 0.355 e. The van der Waals surface area contributed by atoms with Crippen molar-refractivity contribution in [1.82, 2.24) is 15.6 Å². The van der Waals surface area contributed by atoms with Crippen molar-refractivity contribution in [3.05, 3.63) is 16.1 Å². The van der Waals surface area contributed by atoms with Crippen LogP contribution in [-0.2, 0) is 11.2 Å². The molecule has 0 spiro atoms. The summed E-state index contributed by atoms with van der Waals surface area (Å²) in [6, 6.07) is 0. The molecule has 1 saturated carbocycles. The number of rotatable bonds is 5. The molecule has 1 unspecified atom stereocenters. The average molecular weight is 380 g/mol. The maximum Gasteiger partial charge on any atom is 0.224 e. The maximum absolute atomic E-state index is 11.9. The van der Waals surface area contributed by atoms with Gasteiger partial charge in [-0.05, 0) is 25.8 Å². The molecule has 2 fully saturated rings. The highest BCUT2D eigenvalue weighted by atomic mass is 35.5. The third-order valence-electron chi connectivity index (χ3n) is 4.66. The molecule has 1 saturated heterocycles. The molecule has 0 aromatic carbocycles. The number of hydrogen-bond donors (Lipinski definition) is 2. The summed E-state index contributed by atoms with van der Waals surface area (Å²) < 4.78 is 0. The van der Waals surface area contributed by atoms with Crippen LogP contribution in [-0.4, -0.2) is 30.5 Å². The van der Waals surface area contributed by atoms with Crippen molar-refractivity contribution >= 4 is 42.1 Å². The van der Waals surface area contributed by atoms with Crippen molar-refractivity contribution in [3.63, 3.8) is 0 Å². The first kappa shape index (κ1) is 20.7. The van der Waals surface area contributed by atoms with Crippen LogP contribution in [0.1, 0.15) is 55.1 Å². The molecule has 1 amide bonds. The Morgan fingerprint density at radius 2 is 2.04 bits per heavy atom. The number of aromatic nitrogens is 1. The summed E-state index contributed by atoms with van der Waals surface area (Å²) in [4.78, 5) is 16.7. The van der Waals surface area contributed by atoms with Crippen molar-refractivity contribution in [2.45, 2.75) is 50.9 Å². The summed E-state index contributed by atoms with van der Waals surface area (Å²) in [6.07, 6.45) is 8.52. The molecule has 1 atom stereocenters. The normalized spacial score (nSPS) is 21.3. The van der Waals surface area contributed by atoms with Crippen molar-refractivity contribution in [3.8, 4) is 0 Å². The molecule has 1 aliphatic carbocycles. The van der Waals surface area contributed by atoms with Crippen molar-refractivity contribution in [2.24, 2.45) is 5.92 Å². The number of carbonyl (C=O) groups is 1. The molecule has 2 heterocycles. The molecule has 1 aromatic rings. The third kappa shape index (κ3) is 5.89. The zero-order valence-electron chi connectivity index (χ0n) is 13.4. The SMILES string of the molecule is Cl.Cl.O=C(NCCc1nc(C2CCCCC2)cs1)C1CCNC1. The second-order valence-corrected chi connectivity index (χ2v) is 7.17. The van der Waals surface area contributed by atoms with E-state index in [1.165, 1.54) is 42.8 Å². The van der Waals surface area contributed by atoms with Gasteiger partial charge in [-0.3, -0.25) is 4.79 Å². The molecule has 2 N–H and O–H groups in total. The first-order chi connectivity index (χ1) is 10.3. The lowest BCUT2D eigenvalue weighted by molar-refractivity contribution is -0.124. The average Bonchev–Trinajstić information content (AvgIpc) is 3.20. The van der Waals surface area contributed by atoms with E-state index < -0.39 is 0 Å². The summed E-state index contributed by atoms with van der Waals surface area (Å²) in [7, 11) is 0. The van der Waals surface area contributed by atoms with Crippen molar-refractivity contribution < 1.29 is 4.79 Å². The quantitative estimate of drug-likeness (QED) is 0.824. The zero-order chi connectivity index (χ0) is 14.5. The van der Waals surface area contributed by atoms with E-state index in [2.05, 4.69) is 16.0 Å². The van der Waals surface area contributed by atoms with E-state index in [9.17, 15) is 4.79 Å². The summed E-state index contributed by atoms with van der Waals surface area (Å²) in [5, 5.41) is 9.68. The standard InChI is InChI=1S/C16H25N3OS.2ClH/c20-16(13-6-8-17-10-13)18-9-7-15-19-14(11-21-15)12-4-2-1-3-5-12;;/h11-13,17H,1-10H2,(H,18,20);2*1H. The van der Waals surface area contributed by atoms with Gasteiger partial charge in [0.25, 0.3) is 0 Å². The van der Waals surface area contributed by atoms with Crippen LogP contribution < -0.4 is 10.6 Å². The molecule has 7 heteroatoms. The zero-order valence-corrected chi connectivity index (χ0v) is 15.8. The van der Waals surface area contributed by atoms with Gasteiger partial charge in [0.2, 0.25) is 5.91 Å². The lowest BCUT2D eigenvalue weighted by atomic mass is 9.87. The number of carbonyl (C=O) groups excluding carboxylic acids is 1. The van der Waals surface area contributed by atoms with Crippen LogP contribution in [0.25, 0.3) is 0 Å². The lowest BCUT2D eigenvalue weighted by Crippen LogP contribution is -2.33. The van der Waals surface area contributed by atoms with Gasteiger partial charge in [-0.25, -0.2) is 4.98 Å². The molecule has 4 nitrogen and oxygen atoms in total. The highest BCUT2D eigenvalue weighted by Gasteiger charge is 2.22. The van der Waals surface area contributed by atoms with E-state index in [1.54, 1.807) is 11.3 Å². The van der Waals surface area contributed by atoms with Gasteiger partial charge in [-0.1, -0.05) is 19.3 Å². The van der Waals surface area contributed by atoms with Gasteiger partial charge in [-0.2, -0.15) is 0 Å². The summed E-state index contributed by atoms with van der Waals surface area (Å²) in [6.45, 7) is 2.51. The van der Waals surface area contributed by atoms with Gasteiger partial charge in [0, 0.05) is 30.8 Å². The number of thiazole rings is 1. The molecule has 0 bridgehead atoms. The van der Waals surface area contributed by atoms with Crippen LogP contribution >= 0.6 is 36.2 Å². The van der Waals surface area contributed by atoms with E-state index >= 15 is 0 Å². The van der Waals surface area contributed by atoms with Gasteiger partial charge in [0.05, 0.1) is 16.6 Å². The maximum atomic E-state index is 11.9. The first-order valence-corrected chi connectivity index (χ1v) is 9.13. The number of nitrogens with zero attached hydrogens (tertiary/aromatic N) is 1. The van der Waals surface area contributed by atoms with Crippen LogP contribution in [0.2, 0.25) is 0 Å². The molecule has 3 rings (SSSR count). The minimum Gasteiger partial charge on any atom is -0.355 e. The van der Waals surface area contributed by atoms with Gasteiger partial charge in [-0.15, -0.1) is 36.2 Å². The third-order valence-corrected chi connectivity index (χ3v) is 5.59. The smallest absolute Gasteiger partial charge is 0.224 e. The lowest BCUT2D eigenvalue weighted by Gasteiger charge is -2.19. The minimum absolute atomic E-state index is 0. The summed E-state index contributed by atoms with van der Waals surface area (Å²) in [5.74, 6) is 1.05. The summed E-state index contributed by atoms with van der Waals surface area (Å²) in [5.41, 5.74) is 1.29. The molecule has 132 valence electrons. The van der Waals surface area contributed by atoms with Crippen LogP contribution in [0.15, 0.2) is 5.38 Å². The van der Waals surface area contributed by atoms with Crippen LogP contribution in [0.3, 0.4) is 0 Å².